The largest absolute Gasteiger partial charge is 0.462 e. The first-order chi connectivity index (χ1) is 12.9. The number of esters is 1. The van der Waals surface area contributed by atoms with Gasteiger partial charge in [-0.05, 0) is 37.5 Å². The number of nitrogens with two attached hydrogens (primary N) is 1. The minimum Gasteiger partial charge on any atom is -0.462 e. The Labute approximate surface area is 171 Å². The molecule has 0 saturated carbocycles. The Morgan fingerprint density at radius 3 is 2.54 bits per heavy atom. The summed E-state index contributed by atoms with van der Waals surface area (Å²) in [6.07, 6.45) is 1.48. The Balaban J connectivity index is 0.00000392. The predicted octanol–water partition coefficient (Wildman–Crippen LogP) is 2.64. The van der Waals surface area contributed by atoms with E-state index in [2.05, 4.69) is 5.32 Å². The monoisotopic (exact) mass is 412 g/mol. The van der Waals surface area contributed by atoms with Crippen molar-refractivity contribution in [3.05, 3.63) is 29.8 Å². The second kappa shape index (κ2) is 10.9. The van der Waals surface area contributed by atoms with Crippen LogP contribution in [0, 0.1) is 5.92 Å². The van der Waals surface area contributed by atoms with E-state index in [0.29, 0.717) is 30.8 Å². The van der Waals surface area contributed by atoms with E-state index in [0.717, 1.165) is 6.42 Å². The molecular weight excluding hydrogens is 384 g/mol. The highest BCUT2D eigenvalue weighted by atomic mass is 35.5. The number of rotatable bonds is 6. The molecule has 156 valence electrons. The molecule has 2 rings (SSSR count). The highest BCUT2D eigenvalue weighted by molar-refractivity contribution is 5.95. The molecule has 1 unspecified atom stereocenters. The van der Waals surface area contributed by atoms with Gasteiger partial charge in [0, 0.05) is 18.8 Å². The summed E-state index contributed by atoms with van der Waals surface area (Å²) in [5, 5.41) is 5.53. The van der Waals surface area contributed by atoms with Crippen molar-refractivity contribution in [2.45, 2.75) is 39.7 Å². The number of hydrogen-bond donors (Lipinski definition) is 2. The molecule has 1 heterocycles. The lowest BCUT2D eigenvalue weighted by Gasteiger charge is -2.31. The zero-order valence-corrected chi connectivity index (χ0v) is 17.3. The van der Waals surface area contributed by atoms with Gasteiger partial charge in [-0.1, -0.05) is 26.3 Å². The van der Waals surface area contributed by atoms with Crippen molar-refractivity contribution < 1.29 is 19.1 Å². The number of ether oxygens (including phenoxy) is 1. The molecule has 0 bridgehead atoms. The maximum atomic E-state index is 12.7. The number of nitrogens with zero attached hydrogens (tertiary/aromatic N) is 2. The van der Waals surface area contributed by atoms with Crippen LogP contribution < -0.4 is 11.1 Å². The fraction of sp³-hybridized carbons (Fsp3) is 0.526. The minimum absolute atomic E-state index is 0. The fourth-order valence-electron chi connectivity index (χ4n) is 2.85. The van der Waals surface area contributed by atoms with Crippen LogP contribution in [0.3, 0.4) is 0 Å². The van der Waals surface area contributed by atoms with Gasteiger partial charge in [-0.15, -0.1) is 12.4 Å². The molecule has 0 spiro atoms. The molecule has 1 aromatic carbocycles. The number of urea groups is 1. The van der Waals surface area contributed by atoms with E-state index in [1.165, 1.54) is 10.0 Å². The molecule has 28 heavy (non-hydrogen) atoms. The third kappa shape index (κ3) is 5.59. The van der Waals surface area contributed by atoms with E-state index in [9.17, 15) is 14.4 Å². The molecule has 0 aliphatic carbocycles. The Kier molecular flexibility index (Phi) is 9.21. The summed E-state index contributed by atoms with van der Waals surface area (Å²) >= 11 is 0. The quantitative estimate of drug-likeness (QED) is 0.699. The van der Waals surface area contributed by atoms with Gasteiger partial charge < -0.3 is 15.8 Å². The van der Waals surface area contributed by atoms with Crippen molar-refractivity contribution in [2.75, 3.05) is 25.0 Å². The summed E-state index contributed by atoms with van der Waals surface area (Å²) in [6, 6.07) is 5.42. The fourth-order valence-corrected chi connectivity index (χ4v) is 2.85. The standard InChI is InChI=1S/C19H28N4O4.ClH/c1-4-13(3)16(20)17(24)22-10-7-11-23(22)19(26)21-15-9-6-8-14(12-15)18(25)27-5-2;/h6,8-9,12-13,16H,4-5,7,10-11,20H2,1-3H3,(H,21,26);1H/t13?,16-;/m0./s1. The predicted molar refractivity (Wildman–Crippen MR) is 109 cm³/mol. The number of hydrazine groups is 1. The van der Waals surface area contributed by atoms with Crippen LogP contribution in [0.5, 0.6) is 0 Å². The van der Waals surface area contributed by atoms with Gasteiger partial charge in [-0.2, -0.15) is 0 Å². The van der Waals surface area contributed by atoms with Gasteiger partial charge in [0.05, 0.1) is 18.2 Å². The van der Waals surface area contributed by atoms with Gasteiger partial charge >= 0.3 is 12.0 Å². The van der Waals surface area contributed by atoms with Crippen LogP contribution in [0.15, 0.2) is 24.3 Å². The van der Waals surface area contributed by atoms with E-state index in [4.69, 9.17) is 10.5 Å². The molecule has 0 radical (unpaired) electrons. The number of amides is 3. The number of halogens is 1. The molecule has 1 aliphatic heterocycles. The van der Waals surface area contributed by atoms with Crippen LogP contribution in [0.1, 0.15) is 44.0 Å². The number of benzene rings is 1. The topological polar surface area (TPSA) is 105 Å². The lowest BCUT2D eigenvalue weighted by atomic mass is 9.99. The zero-order valence-electron chi connectivity index (χ0n) is 16.5. The molecule has 1 fully saturated rings. The highest BCUT2D eigenvalue weighted by Gasteiger charge is 2.34. The van der Waals surface area contributed by atoms with E-state index in [1.807, 2.05) is 13.8 Å². The SMILES string of the molecule is CCOC(=O)c1cccc(NC(=O)N2CCCN2C(=O)[C@@H](N)C(C)CC)c1.Cl. The second-order valence-corrected chi connectivity index (χ2v) is 6.58. The third-order valence-electron chi connectivity index (χ3n) is 4.69. The molecule has 1 aliphatic rings. The zero-order chi connectivity index (χ0) is 20.0. The van der Waals surface area contributed by atoms with Gasteiger partial charge in [0.15, 0.2) is 0 Å². The van der Waals surface area contributed by atoms with Gasteiger partial charge in [0.1, 0.15) is 0 Å². The Morgan fingerprint density at radius 2 is 1.89 bits per heavy atom. The number of carbonyl (C=O) groups excluding carboxylic acids is 3. The average Bonchev–Trinajstić information content (AvgIpc) is 3.16. The lowest BCUT2D eigenvalue weighted by molar-refractivity contribution is -0.142. The smallest absolute Gasteiger partial charge is 0.340 e. The molecule has 3 amide bonds. The third-order valence-corrected chi connectivity index (χ3v) is 4.69. The number of nitrogens with one attached hydrogen (secondary N) is 1. The summed E-state index contributed by atoms with van der Waals surface area (Å²) in [7, 11) is 0. The van der Waals surface area contributed by atoms with Crippen LogP contribution in [-0.2, 0) is 9.53 Å². The number of hydrogen-bond acceptors (Lipinski definition) is 5. The molecule has 1 aromatic rings. The van der Waals surface area contributed by atoms with Gasteiger partial charge in [0.25, 0.3) is 5.91 Å². The van der Waals surface area contributed by atoms with Crippen molar-refractivity contribution in [3.63, 3.8) is 0 Å². The molecular formula is C19H29ClN4O4. The Bertz CT molecular complexity index is 700. The molecule has 3 N–H and O–H groups in total. The van der Waals surface area contributed by atoms with E-state index in [-0.39, 0.29) is 30.8 Å². The van der Waals surface area contributed by atoms with Gasteiger partial charge in [-0.3, -0.25) is 4.79 Å². The van der Waals surface area contributed by atoms with E-state index < -0.39 is 18.0 Å². The molecule has 1 saturated heterocycles. The Morgan fingerprint density at radius 1 is 1.21 bits per heavy atom. The molecule has 8 nitrogen and oxygen atoms in total. The van der Waals surface area contributed by atoms with Crippen molar-refractivity contribution >= 4 is 36.0 Å². The van der Waals surface area contributed by atoms with E-state index >= 15 is 0 Å². The lowest BCUT2D eigenvalue weighted by Crippen LogP contribution is -2.53. The minimum atomic E-state index is -0.643. The first-order valence-electron chi connectivity index (χ1n) is 9.31. The Hall–Kier alpha value is -2.32. The van der Waals surface area contributed by atoms with Crippen LogP contribution in [0.2, 0.25) is 0 Å². The number of carbonyl (C=O) groups is 3. The second-order valence-electron chi connectivity index (χ2n) is 6.58. The van der Waals surface area contributed by atoms with Crippen LogP contribution in [0.4, 0.5) is 10.5 Å². The van der Waals surface area contributed by atoms with Crippen LogP contribution in [-0.4, -0.2) is 53.7 Å². The van der Waals surface area contributed by atoms with Gasteiger partial charge in [0.2, 0.25) is 0 Å². The van der Waals surface area contributed by atoms with E-state index in [1.54, 1.807) is 31.2 Å². The highest BCUT2D eigenvalue weighted by Crippen LogP contribution is 2.18. The van der Waals surface area contributed by atoms with Crippen LogP contribution in [0.25, 0.3) is 0 Å². The summed E-state index contributed by atoms with van der Waals surface area (Å²) in [4.78, 5) is 37.1. The summed E-state index contributed by atoms with van der Waals surface area (Å²) in [5.41, 5.74) is 6.85. The first kappa shape index (κ1) is 23.7. The number of anilines is 1. The summed E-state index contributed by atoms with van der Waals surface area (Å²) < 4.78 is 4.97. The van der Waals surface area contributed by atoms with Crippen molar-refractivity contribution in [1.29, 1.82) is 0 Å². The average molecular weight is 413 g/mol. The molecule has 9 heteroatoms. The maximum absolute atomic E-state index is 12.7. The van der Waals surface area contributed by atoms with Crippen molar-refractivity contribution in [2.24, 2.45) is 11.7 Å². The van der Waals surface area contributed by atoms with Crippen LogP contribution >= 0.6 is 12.4 Å². The summed E-state index contributed by atoms with van der Waals surface area (Å²) in [5.74, 6) is -0.673. The summed E-state index contributed by atoms with van der Waals surface area (Å²) in [6.45, 7) is 6.79. The maximum Gasteiger partial charge on any atom is 0.340 e. The van der Waals surface area contributed by atoms with Crippen molar-refractivity contribution in [3.8, 4) is 0 Å². The van der Waals surface area contributed by atoms with Gasteiger partial charge in [-0.25, -0.2) is 19.6 Å². The normalized spacial score (nSPS) is 15.4. The van der Waals surface area contributed by atoms with Crippen molar-refractivity contribution in [1.82, 2.24) is 10.0 Å². The first-order valence-corrected chi connectivity index (χ1v) is 9.31. The molecule has 2 atom stereocenters. The molecule has 0 aromatic heterocycles.